The van der Waals surface area contributed by atoms with E-state index in [1.54, 1.807) is 18.1 Å². The lowest BCUT2D eigenvalue weighted by atomic mass is 9.92. The Morgan fingerprint density at radius 2 is 1.96 bits per heavy atom. The fourth-order valence-corrected chi connectivity index (χ4v) is 5.82. The van der Waals surface area contributed by atoms with E-state index >= 15 is 0 Å². The molecule has 0 N–H and O–H groups in total. The molecule has 26 heavy (non-hydrogen) atoms. The predicted molar refractivity (Wildman–Crippen MR) is 105 cm³/mol. The molecule has 1 spiro atoms. The van der Waals surface area contributed by atoms with E-state index in [1.807, 2.05) is 6.07 Å². The third kappa shape index (κ3) is 3.54. The smallest absolute Gasteiger partial charge is 0.150 e. The van der Waals surface area contributed by atoms with E-state index < -0.39 is 9.84 Å². The number of aromatic nitrogens is 2. The Kier molecular flexibility index (Phi) is 4.83. The van der Waals surface area contributed by atoms with Crippen LogP contribution in [0, 0.1) is 0 Å². The maximum Gasteiger partial charge on any atom is 0.150 e. The first-order valence-corrected chi connectivity index (χ1v) is 11.9. The second kappa shape index (κ2) is 6.98. The van der Waals surface area contributed by atoms with Gasteiger partial charge in [-0.1, -0.05) is 0 Å². The van der Waals surface area contributed by atoms with Crippen molar-refractivity contribution >= 4 is 38.3 Å². The molecule has 0 saturated carbocycles. The van der Waals surface area contributed by atoms with Crippen LogP contribution in [0.15, 0.2) is 29.4 Å². The number of hydrogen-bond donors (Lipinski definition) is 0. The minimum atomic E-state index is -2.89. The van der Waals surface area contributed by atoms with E-state index in [1.165, 1.54) is 4.90 Å². The van der Waals surface area contributed by atoms with Crippen LogP contribution in [0.5, 0.6) is 0 Å². The molecule has 6 nitrogen and oxygen atoms in total. The molecule has 0 radical (unpaired) electrons. The molecule has 0 bridgehead atoms. The first-order valence-electron chi connectivity index (χ1n) is 8.88. The molecule has 2 aromatic rings. The molecule has 4 rings (SSSR count). The molecule has 3 heterocycles. The summed E-state index contributed by atoms with van der Waals surface area (Å²) in [6, 6.07) is 6.25. The molecule has 2 fully saturated rings. The molecule has 1 aromatic heterocycles. The second-order valence-electron chi connectivity index (χ2n) is 7.00. The number of rotatable bonds is 2. The van der Waals surface area contributed by atoms with Crippen molar-refractivity contribution in [3.05, 3.63) is 24.5 Å². The summed E-state index contributed by atoms with van der Waals surface area (Å²) in [4.78, 5) is 12.4. The van der Waals surface area contributed by atoms with Crippen molar-refractivity contribution in [2.45, 2.75) is 29.8 Å². The van der Waals surface area contributed by atoms with Crippen LogP contribution in [0.1, 0.15) is 19.3 Å². The predicted octanol–water partition coefficient (Wildman–Crippen LogP) is 2.53. The van der Waals surface area contributed by atoms with Gasteiger partial charge >= 0.3 is 0 Å². The maximum absolute atomic E-state index is 11.8. The zero-order chi connectivity index (χ0) is 18.2. The summed E-state index contributed by atoms with van der Waals surface area (Å²) in [5, 5.41) is 1.06. The largest absolute Gasteiger partial charge is 0.373 e. The highest BCUT2D eigenvalue weighted by Gasteiger charge is 2.39. The van der Waals surface area contributed by atoms with Crippen LogP contribution < -0.4 is 4.90 Å². The summed E-state index contributed by atoms with van der Waals surface area (Å²) in [6.45, 7) is 2.16. The van der Waals surface area contributed by atoms with Gasteiger partial charge in [0.2, 0.25) is 0 Å². The topological polar surface area (TPSA) is 72.4 Å². The molecule has 140 valence electrons. The normalized spacial score (nSPS) is 22.4. The van der Waals surface area contributed by atoms with Crippen LogP contribution >= 0.6 is 11.8 Å². The number of benzene rings is 1. The van der Waals surface area contributed by atoms with Gasteiger partial charge in [-0.05, 0) is 43.7 Å². The van der Waals surface area contributed by atoms with Crippen molar-refractivity contribution in [2.75, 3.05) is 42.4 Å². The number of nitrogens with zero attached hydrogens (tertiary/aromatic N) is 3. The van der Waals surface area contributed by atoms with E-state index in [9.17, 15) is 8.42 Å². The molecule has 0 unspecified atom stereocenters. The lowest BCUT2D eigenvalue weighted by molar-refractivity contribution is -0.0445. The SMILES string of the molecule is CSc1ccc2ncnc(N3CCOC4(CC3)CCS(=O)(=O)CC4)c2c1. The highest BCUT2D eigenvalue weighted by Crippen LogP contribution is 2.35. The highest BCUT2D eigenvalue weighted by molar-refractivity contribution is 7.98. The molecule has 0 aliphatic carbocycles. The molecule has 2 aliphatic heterocycles. The van der Waals surface area contributed by atoms with Gasteiger partial charge < -0.3 is 9.64 Å². The van der Waals surface area contributed by atoms with Crippen LogP contribution in [0.4, 0.5) is 5.82 Å². The van der Waals surface area contributed by atoms with Crippen molar-refractivity contribution < 1.29 is 13.2 Å². The first-order chi connectivity index (χ1) is 12.5. The quantitative estimate of drug-likeness (QED) is 0.726. The maximum atomic E-state index is 11.8. The lowest BCUT2D eigenvalue weighted by Crippen LogP contribution is -2.42. The van der Waals surface area contributed by atoms with E-state index in [-0.39, 0.29) is 17.1 Å². The summed E-state index contributed by atoms with van der Waals surface area (Å²) >= 11 is 1.70. The zero-order valence-electron chi connectivity index (χ0n) is 14.8. The van der Waals surface area contributed by atoms with E-state index in [4.69, 9.17) is 4.74 Å². The number of fused-ring (bicyclic) bond motifs is 1. The van der Waals surface area contributed by atoms with Gasteiger partial charge in [0.1, 0.15) is 12.1 Å². The Morgan fingerprint density at radius 3 is 2.73 bits per heavy atom. The third-order valence-electron chi connectivity index (χ3n) is 5.47. The van der Waals surface area contributed by atoms with Crippen LogP contribution in [-0.4, -0.2) is 61.4 Å². The molecule has 2 saturated heterocycles. The lowest BCUT2D eigenvalue weighted by Gasteiger charge is -2.35. The molecule has 0 amide bonds. The molecule has 1 aromatic carbocycles. The standard InChI is InChI=1S/C18H23N3O3S2/c1-25-14-2-3-16-15(12-14)17(20-13-19-16)21-7-4-18(24-9-8-21)5-10-26(22,23)11-6-18/h2-3,12-13H,4-11H2,1H3. The summed E-state index contributed by atoms with van der Waals surface area (Å²) in [5.74, 6) is 1.41. The fourth-order valence-electron chi connectivity index (χ4n) is 3.81. The highest BCUT2D eigenvalue weighted by atomic mass is 32.2. The minimum Gasteiger partial charge on any atom is -0.373 e. The Morgan fingerprint density at radius 1 is 1.15 bits per heavy atom. The summed E-state index contributed by atoms with van der Waals surface area (Å²) < 4.78 is 29.7. The second-order valence-corrected chi connectivity index (χ2v) is 10.2. The minimum absolute atomic E-state index is 0.237. The molecular formula is C18H23N3O3S2. The molecule has 2 aliphatic rings. The number of ether oxygens (including phenoxy) is 1. The van der Waals surface area contributed by atoms with Crippen molar-refractivity contribution in [2.24, 2.45) is 0 Å². The van der Waals surface area contributed by atoms with Gasteiger partial charge in [-0.2, -0.15) is 0 Å². The average Bonchev–Trinajstić information content (AvgIpc) is 2.86. The Labute approximate surface area is 158 Å². The van der Waals surface area contributed by atoms with Gasteiger partial charge in [-0.3, -0.25) is 0 Å². The van der Waals surface area contributed by atoms with Gasteiger partial charge in [-0.15, -0.1) is 11.8 Å². The Balaban J connectivity index is 1.59. The molecular weight excluding hydrogens is 370 g/mol. The number of anilines is 1. The van der Waals surface area contributed by atoms with E-state index in [0.717, 1.165) is 36.2 Å². The summed E-state index contributed by atoms with van der Waals surface area (Å²) in [6.07, 6.45) is 5.71. The number of sulfone groups is 1. The van der Waals surface area contributed by atoms with Crippen LogP contribution in [0.25, 0.3) is 10.9 Å². The van der Waals surface area contributed by atoms with Crippen LogP contribution in [-0.2, 0) is 14.6 Å². The average molecular weight is 394 g/mol. The molecule has 8 heteroatoms. The Bertz CT molecular complexity index is 903. The summed E-state index contributed by atoms with van der Waals surface area (Å²) in [5.41, 5.74) is 0.643. The van der Waals surface area contributed by atoms with Gasteiger partial charge in [0, 0.05) is 23.4 Å². The van der Waals surface area contributed by atoms with Gasteiger partial charge in [-0.25, -0.2) is 18.4 Å². The van der Waals surface area contributed by atoms with Gasteiger partial charge in [0.25, 0.3) is 0 Å². The zero-order valence-corrected chi connectivity index (χ0v) is 16.5. The Hall–Kier alpha value is -1.38. The van der Waals surface area contributed by atoms with Crippen LogP contribution in [0.3, 0.4) is 0 Å². The van der Waals surface area contributed by atoms with Crippen molar-refractivity contribution in [1.82, 2.24) is 9.97 Å². The first kappa shape index (κ1) is 18.0. The molecule has 0 atom stereocenters. The van der Waals surface area contributed by atoms with Gasteiger partial charge in [0.15, 0.2) is 9.84 Å². The fraction of sp³-hybridized carbons (Fsp3) is 0.556. The van der Waals surface area contributed by atoms with Crippen molar-refractivity contribution in [3.8, 4) is 0 Å². The van der Waals surface area contributed by atoms with E-state index in [2.05, 4.69) is 33.3 Å². The van der Waals surface area contributed by atoms with Gasteiger partial charge in [0.05, 0.1) is 29.2 Å². The number of hydrogen-bond acceptors (Lipinski definition) is 7. The monoisotopic (exact) mass is 393 g/mol. The third-order valence-corrected chi connectivity index (χ3v) is 7.84. The van der Waals surface area contributed by atoms with Crippen molar-refractivity contribution in [3.63, 3.8) is 0 Å². The van der Waals surface area contributed by atoms with Crippen LogP contribution in [0.2, 0.25) is 0 Å². The summed E-state index contributed by atoms with van der Waals surface area (Å²) in [7, 11) is -2.89. The van der Waals surface area contributed by atoms with E-state index in [0.29, 0.717) is 19.4 Å². The van der Waals surface area contributed by atoms with Crippen molar-refractivity contribution in [1.29, 1.82) is 0 Å². The number of thioether (sulfide) groups is 1.